The van der Waals surface area contributed by atoms with Crippen LogP contribution in [0.2, 0.25) is 0 Å². The lowest BCUT2D eigenvalue weighted by Gasteiger charge is -2.14. The van der Waals surface area contributed by atoms with Gasteiger partial charge in [0.2, 0.25) is 0 Å². The quantitative estimate of drug-likeness (QED) is 0.902. The largest absolute Gasteiger partial charge is 0.375 e. The number of nitrogen functional groups attached to an aromatic ring is 1. The predicted molar refractivity (Wildman–Crippen MR) is 81.1 cm³/mol. The Bertz CT molecular complexity index is 772. The van der Waals surface area contributed by atoms with Gasteiger partial charge in [0.1, 0.15) is 5.82 Å². The Balaban J connectivity index is 2.27. The molecule has 2 aromatic rings. The van der Waals surface area contributed by atoms with Gasteiger partial charge in [-0.3, -0.25) is 0 Å². The molecule has 114 valence electrons. The number of aryl methyl sites for hydroxylation is 2. The Kier molecular flexibility index (Phi) is 4.31. The summed E-state index contributed by atoms with van der Waals surface area (Å²) in [6, 6.07) is 4.08. The molecule has 0 spiro atoms. The molecule has 2 rings (SSSR count). The van der Waals surface area contributed by atoms with Crippen LogP contribution in [0.4, 0.5) is 9.52 Å². The summed E-state index contributed by atoms with van der Waals surface area (Å²) in [4.78, 5) is 3.90. The van der Waals surface area contributed by atoms with Crippen LogP contribution in [0, 0.1) is 19.7 Å². The van der Waals surface area contributed by atoms with Crippen molar-refractivity contribution in [2.75, 3.05) is 5.73 Å². The zero-order chi connectivity index (χ0) is 15.8. The first-order valence-corrected chi connectivity index (χ1v) is 8.52. The van der Waals surface area contributed by atoms with E-state index < -0.39 is 16.1 Å². The lowest BCUT2D eigenvalue weighted by atomic mass is 10.1. The van der Waals surface area contributed by atoms with Gasteiger partial charge in [-0.15, -0.1) is 0 Å². The molecular formula is C13H16FN3O2S2. The summed E-state index contributed by atoms with van der Waals surface area (Å²) in [5.74, 6) is -0.364. The highest BCUT2D eigenvalue weighted by Gasteiger charge is 2.24. The van der Waals surface area contributed by atoms with Crippen LogP contribution in [0.25, 0.3) is 0 Å². The van der Waals surface area contributed by atoms with Gasteiger partial charge in [-0.25, -0.2) is 22.5 Å². The van der Waals surface area contributed by atoms with Gasteiger partial charge < -0.3 is 5.73 Å². The molecule has 1 aromatic heterocycles. The fourth-order valence-corrected chi connectivity index (χ4v) is 4.43. The number of aromatic nitrogens is 1. The average Bonchev–Trinajstić information content (AvgIpc) is 2.72. The minimum atomic E-state index is -3.74. The van der Waals surface area contributed by atoms with Crippen LogP contribution in [0.3, 0.4) is 0 Å². The molecule has 0 aliphatic rings. The molecule has 1 atom stereocenters. The molecule has 0 saturated carbocycles. The summed E-state index contributed by atoms with van der Waals surface area (Å²) in [7, 11) is -3.74. The number of thiazole rings is 1. The van der Waals surface area contributed by atoms with Crippen LogP contribution in [-0.4, -0.2) is 13.4 Å². The van der Waals surface area contributed by atoms with Gasteiger partial charge in [-0.1, -0.05) is 23.5 Å². The van der Waals surface area contributed by atoms with Crippen LogP contribution in [0.15, 0.2) is 22.4 Å². The van der Waals surface area contributed by atoms with Crippen molar-refractivity contribution >= 4 is 26.5 Å². The molecule has 0 fully saturated rings. The van der Waals surface area contributed by atoms with E-state index in [0.29, 0.717) is 16.8 Å². The number of hydrogen-bond acceptors (Lipinski definition) is 5. The van der Waals surface area contributed by atoms with Crippen LogP contribution in [-0.2, 0) is 10.0 Å². The van der Waals surface area contributed by atoms with Crippen molar-refractivity contribution in [3.05, 3.63) is 40.8 Å². The van der Waals surface area contributed by atoms with E-state index in [4.69, 9.17) is 5.73 Å². The fourth-order valence-electron chi connectivity index (χ4n) is 1.88. The van der Waals surface area contributed by atoms with Crippen molar-refractivity contribution in [3.63, 3.8) is 0 Å². The van der Waals surface area contributed by atoms with Gasteiger partial charge in [0.15, 0.2) is 9.34 Å². The van der Waals surface area contributed by atoms with Crippen molar-refractivity contribution in [1.82, 2.24) is 9.71 Å². The summed E-state index contributed by atoms with van der Waals surface area (Å²) in [6.45, 7) is 4.89. The maximum atomic E-state index is 13.6. The molecule has 1 heterocycles. The number of anilines is 1. The topological polar surface area (TPSA) is 85.1 Å². The number of hydrogen-bond donors (Lipinski definition) is 2. The number of rotatable bonds is 4. The zero-order valence-electron chi connectivity index (χ0n) is 11.8. The van der Waals surface area contributed by atoms with Gasteiger partial charge in [-0.2, -0.15) is 0 Å². The van der Waals surface area contributed by atoms with E-state index in [2.05, 4.69) is 9.71 Å². The first-order valence-electron chi connectivity index (χ1n) is 6.22. The van der Waals surface area contributed by atoms with Gasteiger partial charge >= 0.3 is 0 Å². The summed E-state index contributed by atoms with van der Waals surface area (Å²) in [6.07, 6.45) is 0. The second-order valence-corrected chi connectivity index (χ2v) is 7.72. The maximum absolute atomic E-state index is 13.6. The molecule has 0 radical (unpaired) electrons. The number of halogens is 1. The summed E-state index contributed by atoms with van der Waals surface area (Å²) in [5, 5.41) is 0.196. The van der Waals surface area contributed by atoms with Gasteiger partial charge in [0.25, 0.3) is 10.0 Å². The molecule has 0 amide bonds. The highest BCUT2D eigenvalue weighted by atomic mass is 32.2. The lowest BCUT2D eigenvalue weighted by Crippen LogP contribution is -2.26. The van der Waals surface area contributed by atoms with E-state index in [1.54, 1.807) is 32.9 Å². The fraction of sp³-hybridized carbons (Fsp3) is 0.308. The molecule has 8 heteroatoms. The third kappa shape index (κ3) is 3.39. The Morgan fingerprint density at radius 1 is 1.38 bits per heavy atom. The normalized spacial score (nSPS) is 13.3. The maximum Gasteiger partial charge on any atom is 0.252 e. The molecule has 21 heavy (non-hydrogen) atoms. The number of benzene rings is 1. The van der Waals surface area contributed by atoms with Gasteiger partial charge in [0, 0.05) is 6.04 Å². The second kappa shape index (κ2) is 5.70. The van der Waals surface area contributed by atoms with Crippen molar-refractivity contribution < 1.29 is 12.8 Å². The van der Waals surface area contributed by atoms with Crippen molar-refractivity contribution in [2.45, 2.75) is 31.0 Å². The highest BCUT2D eigenvalue weighted by Crippen LogP contribution is 2.26. The van der Waals surface area contributed by atoms with Crippen LogP contribution in [0.1, 0.15) is 29.8 Å². The minimum absolute atomic E-state index is 0.0828. The van der Waals surface area contributed by atoms with E-state index in [9.17, 15) is 12.8 Å². The van der Waals surface area contributed by atoms with Gasteiger partial charge in [-0.05, 0) is 38.0 Å². The van der Waals surface area contributed by atoms with Crippen LogP contribution < -0.4 is 10.5 Å². The second-order valence-electron chi connectivity index (χ2n) is 4.78. The molecule has 1 unspecified atom stereocenters. The van der Waals surface area contributed by atoms with Crippen LogP contribution >= 0.6 is 11.3 Å². The average molecular weight is 329 g/mol. The monoisotopic (exact) mass is 329 g/mol. The van der Waals surface area contributed by atoms with E-state index >= 15 is 0 Å². The van der Waals surface area contributed by atoms with E-state index in [-0.39, 0.29) is 15.2 Å². The molecule has 5 nitrogen and oxygen atoms in total. The van der Waals surface area contributed by atoms with E-state index in [1.807, 2.05) is 0 Å². The van der Waals surface area contributed by atoms with Gasteiger partial charge in [0.05, 0.1) is 5.69 Å². The van der Waals surface area contributed by atoms with Crippen LogP contribution in [0.5, 0.6) is 0 Å². The van der Waals surface area contributed by atoms with E-state index in [1.165, 1.54) is 6.07 Å². The lowest BCUT2D eigenvalue weighted by molar-refractivity contribution is 0.565. The zero-order valence-corrected chi connectivity index (χ0v) is 13.5. The molecule has 0 aliphatic carbocycles. The van der Waals surface area contributed by atoms with Crippen molar-refractivity contribution in [2.24, 2.45) is 0 Å². The first-order chi connectivity index (χ1) is 9.70. The molecule has 3 N–H and O–H groups in total. The summed E-state index contributed by atoms with van der Waals surface area (Å²) in [5.41, 5.74) is 6.94. The number of sulfonamides is 1. The standard InChI is InChI=1S/C13H16FN3O2S2/c1-7-4-5-10(6-11(7)14)8(2)17-21(18,19)12-9(3)16-13(15)20-12/h4-6,8,17H,1-3H3,(H2,15,16). The number of nitrogens with zero attached hydrogens (tertiary/aromatic N) is 1. The Hall–Kier alpha value is -1.51. The molecular weight excluding hydrogens is 313 g/mol. The molecule has 0 bridgehead atoms. The minimum Gasteiger partial charge on any atom is -0.375 e. The Morgan fingerprint density at radius 2 is 2.05 bits per heavy atom. The third-order valence-electron chi connectivity index (χ3n) is 3.04. The smallest absolute Gasteiger partial charge is 0.252 e. The molecule has 0 aliphatic heterocycles. The summed E-state index contributed by atoms with van der Waals surface area (Å²) < 4.78 is 40.8. The Morgan fingerprint density at radius 3 is 2.57 bits per heavy atom. The third-order valence-corrected chi connectivity index (χ3v) is 6.18. The number of nitrogens with one attached hydrogen (secondary N) is 1. The SMILES string of the molecule is Cc1ccc(C(C)NS(=O)(=O)c2sc(N)nc2C)cc1F. The van der Waals surface area contributed by atoms with Crippen molar-refractivity contribution in [3.8, 4) is 0 Å². The predicted octanol–water partition coefficient (Wildman–Crippen LogP) is 2.52. The Labute approximate surface area is 127 Å². The van der Waals surface area contributed by atoms with Crippen molar-refractivity contribution in [1.29, 1.82) is 0 Å². The van der Waals surface area contributed by atoms with E-state index in [0.717, 1.165) is 11.3 Å². The summed E-state index contributed by atoms with van der Waals surface area (Å²) >= 11 is 0.906. The first kappa shape index (κ1) is 15.9. The molecule has 1 aromatic carbocycles. The highest BCUT2D eigenvalue weighted by molar-refractivity contribution is 7.91. The number of nitrogens with two attached hydrogens (primary N) is 1. The molecule has 0 saturated heterocycles.